The number of thiazole rings is 1. The lowest BCUT2D eigenvalue weighted by Gasteiger charge is -2.12. The maximum atomic E-state index is 12.2. The Morgan fingerprint density at radius 3 is 2.96 bits per heavy atom. The van der Waals surface area contributed by atoms with Crippen molar-refractivity contribution in [3.63, 3.8) is 0 Å². The van der Waals surface area contributed by atoms with E-state index in [1.165, 1.54) is 17.4 Å². The van der Waals surface area contributed by atoms with Crippen molar-refractivity contribution in [3.8, 4) is 5.75 Å². The van der Waals surface area contributed by atoms with E-state index in [4.69, 9.17) is 4.74 Å². The standard InChI is InChI=1S/C19H21N3O3S/c1-3-4-9-17(23)21-15-7-5-6-8-16(15)25-11-14-10-18(24)22-13(2)12-26-19(22)20-14/h5-8,10,12H,3-4,9,11H2,1-2H3,(H,21,23). The van der Waals surface area contributed by atoms with Crippen molar-refractivity contribution in [2.24, 2.45) is 0 Å². The molecular weight excluding hydrogens is 350 g/mol. The van der Waals surface area contributed by atoms with Gasteiger partial charge in [-0.05, 0) is 25.5 Å². The number of nitrogens with zero attached hydrogens (tertiary/aromatic N) is 2. The average molecular weight is 371 g/mol. The zero-order chi connectivity index (χ0) is 18.5. The number of carbonyl (C=O) groups excluding carboxylic acids is 1. The monoisotopic (exact) mass is 371 g/mol. The molecule has 0 spiro atoms. The van der Waals surface area contributed by atoms with Crippen LogP contribution in [0.3, 0.4) is 0 Å². The normalized spacial score (nSPS) is 10.8. The molecule has 0 atom stereocenters. The highest BCUT2D eigenvalue weighted by atomic mass is 32.1. The van der Waals surface area contributed by atoms with Gasteiger partial charge in [0.1, 0.15) is 12.4 Å². The number of anilines is 1. The van der Waals surface area contributed by atoms with E-state index in [-0.39, 0.29) is 18.1 Å². The Hall–Kier alpha value is -2.67. The fourth-order valence-electron chi connectivity index (χ4n) is 2.57. The molecule has 0 aliphatic carbocycles. The summed E-state index contributed by atoms with van der Waals surface area (Å²) in [5.41, 5.74) is 1.94. The van der Waals surface area contributed by atoms with Gasteiger partial charge in [-0.15, -0.1) is 11.3 Å². The molecule has 7 heteroatoms. The maximum Gasteiger partial charge on any atom is 0.259 e. The lowest BCUT2D eigenvalue weighted by atomic mass is 10.2. The van der Waals surface area contributed by atoms with Gasteiger partial charge in [0, 0.05) is 23.6 Å². The van der Waals surface area contributed by atoms with Crippen molar-refractivity contribution in [3.05, 3.63) is 57.5 Å². The molecule has 2 aromatic heterocycles. The van der Waals surface area contributed by atoms with Crippen LogP contribution in [0.15, 0.2) is 40.5 Å². The molecule has 3 aromatic rings. The van der Waals surface area contributed by atoms with Crippen LogP contribution in [0.5, 0.6) is 5.75 Å². The predicted octanol–water partition coefficient (Wildman–Crippen LogP) is 3.77. The van der Waals surface area contributed by atoms with E-state index in [1.807, 2.05) is 31.4 Å². The molecule has 0 fully saturated rings. The van der Waals surface area contributed by atoms with Crippen LogP contribution in [0, 0.1) is 6.92 Å². The zero-order valence-electron chi connectivity index (χ0n) is 14.8. The number of hydrogen-bond acceptors (Lipinski definition) is 5. The fraction of sp³-hybridized carbons (Fsp3) is 0.316. The lowest BCUT2D eigenvalue weighted by molar-refractivity contribution is -0.116. The van der Waals surface area contributed by atoms with Crippen LogP contribution in [0.25, 0.3) is 4.96 Å². The second-order valence-corrected chi connectivity index (χ2v) is 6.85. The zero-order valence-corrected chi connectivity index (χ0v) is 15.6. The molecule has 0 unspecified atom stereocenters. The van der Waals surface area contributed by atoms with Crippen molar-refractivity contribution < 1.29 is 9.53 Å². The number of rotatable bonds is 7. The summed E-state index contributed by atoms with van der Waals surface area (Å²) >= 11 is 1.42. The molecule has 0 saturated carbocycles. The van der Waals surface area contributed by atoms with Gasteiger partial charge in [0.25, 0.3) is 5.56 Å². The van der Waals surface area contributed by atoms with Crippen LogP contribution in [-0.2, 0) is 11.4 Å². The molecule has 1 aromatic carbocycles. The van der Waals surface area contributed by atoms with E-state index < -0.39 is 0 Å². The van der Waals surface area contributed by atoms with Crippen LogP contribution < -0.4 is 15.6 Å². The number of carbonyl (C=O) groups is 1. The van der Waals surface area contributed by atoms with Crippen molar-refractivity contribution in [2.75, 3.05) is 5.32 Å². The highest BCUT2D eigenvalue weighted by Crippen LogP contribution is 2.25. The highest BCUT2D eigenvalue weighted by molar-refractivity contribution is 7.15. The third-order valence-electron chi connectivity index (χ3n) is 3.92. The molecule has 3 rings (SSSR count). The average Bonchev–Trinajstić information content (AvgIpc) is 3.00. The molecule has 136 valence electrons. The third kappa shape index (κ3) is 4.11. The Balaban J connectivity index is 1.74. The summed E-state index contributed by atoms with van der Waals surface area (Å²) in [7, 11) is 0. The Morgan fingerprint density at radius 1 is 1.35 bits per heavy atom. The first kappa shape index (κ1) is 18.1. The van der Waals surface area contributed by atoms with Crippen LogP contribution in [0.1, 0.15) is 37.6 Å². The number of unbranched alkanes of at least 4 members (excludes halogenated alkanes) is 1. The largest absolute Gasteiger partial charge is 0.485 e. The van der Waals surface area contributed by atoms with Gasteiger partial charge < -0.3 is 10.1 Å². The van der Waals surface area contributed by atoms with Gasteiger partial charge in [0.15, 0.2) is 4.96 Å². The smallest absolute Gasteiger partial charge is 0.259 e. The van der Waals surface area contributed by atoms with Crippen LogP contribution >= 0.6 is 11.3 Å². The van der Waals surface area contributed by atoms with E-state index in [0.717, 1.165) is 18.5 Å². The first-order chi connectivity index (χ1) is 12.6. The Morgan fingerprint density at radius 2 is 2.15 bits per heavy atom. The number of aryl methyl sites for hydroxylation is 1. The Bertz CT molecular complexity index is 978. The molecule has 2 heterocycles. The molecule has 0 radical (unpaired) electrons. The molecule has 26 heavy (non-hydrogen) atoms. The maximum absolute atomic E-state index is 12.2. The summed E-state index contributed by atoms with van der Waals surface area (Å²) in [6.07, 6.45) is 2.30. The summed E-state index contributed by atoms with van der Waals surface area (Å²) in [5, 5.41) is 4.78. The lowest BCUT2D eigenvalue weighted by Crippen LogP contribution is -2.16. The first-order valence-corrected chi connectivity index (χ1v) is 9.45. The fourth-order valence-corrected chi connectivity index (χ4v) is 3.46. The van der Waals surface area contributed by atoms with E-state index in [2.05, 4.69) is 10.3 Å². The van der Waals surface area contributed by atoms with Gasteiger partial charge in [0.2, 0.25) is 5.91 Å². The van der Waals surface area contributed by atoms with Crippen molar-refractivity contribution in [1.29, 1.82) is 0 Å². The summed E-state index contributed by atoms with van der Waals surface area (Å²) in [5.74, 6) is 0.524. The number of ether oxygens (including phenoxy) is 1. The second kappa shape index (κ2) is 8.14. The molecule has 0 bridgehead atoms. The summed E-state index contributed by atoms with van der Waals surface area (Å²) < 4.78 is 7.40. The van der Waals surface area contributed by atoms with Gasteiger partial charge in [-0.2, -0.15) is 0 Å². The summed E-state index contributed by atoms with van der Waals surface area (Å²) in [4.78, 5) is 29.3. The Kier molecular flexibility index (Phi) is 5.68. The molecule has 0 aliphatic rings. The van der Waals surface area contributed by atoms with E-state index in [0.29, 0.717) is 28.5 Å². The van der Waals surface area contributed by atoms with Crippen molar-refractivity contribution in [2.45, 2.75) is 39.7 Å². The number of fused-ring (bicyclic) bond motifs is 1. The minimum absolute atomic E-state index is 0.0326. The van der Waals surface area contributed by atoms with Crippen LogP contribution in [0.4, 0.5) is 5.69 Å². The summed E-state index contributed by atoms with van der Waals surface area (Å²) in [6.45, 7) is 4.08. The minimum Gasteiger partial charge on any atom is -0.485 e. The number of para-hydroxylation sites is 2. The SMILES string of the molecule is CCCCC(=O)Nc1ccccc1OCc1cc(=O)n2c(C)csc2n1. The van der Waals surface area contributed by atoms with Crippen molar-refractivity contribution >= 4 is 27.9 Å². The quantitative estimate of drug-likeness (QED) is 0.686. The molecule has 0 saturated heterocycles. The topological polar surface area (TPSA) is 72.7 Å². The second-order valence-electron chi connectivity index (χ2n) is 6.02. The van der Waals surface area contributed by atoms with Crippen LogP contribution in [-0.4, -0.2) is 15.3 Å². The molecule has 1 N–H and O–H groups in total. The third-order valence-corrected chi connectivity index (χ3v) is 4.87. The first-order valence-electron chi connectivity index (χ1n) is 8.57. The number of hydrogen-bond donors (Lipinski definition) is 1. The van der Waals surface area contributed by atoms with Gasteiger partial charge >= 0.3 is 0 Å². The van der Waals surface area contributed by atoms with Gasteiger partial charge in [-0.25, -0.2) is 4.98 Å². The molecular formula is C19H21N3O3S. The highest BCUT2D eigenvalue weighted by Gasteiger charge is 2.10. The molecule has 6 nitrogen and oxygen atoms in total. The van der Waals surface area contributed by atoms with E-state index >= 15 is 0 Å². The van der Waals surface area contributed by atoms with Crippen molar-refractivity contribution in [1.82, 2.24) is 9.38 Å². The summed E-state index contributed by atoms with van der Waals surface area (Å²) in [6, 6.07) is 8.75. The molecule has 0 aliphatic heterocycles. The number of aromatic nitrogens is 2. The number of amides is 1. The predicted molar refractivity (Wildman–Crippen MR) is 103 cm³/mol. The molecule has 1 amide bonds. The van der Waals surface area contributed by atoms with Crippen LogP contribution in [0.2, 0.25) is 0 Å². The van der Waals surface area contributed by atoms with Gasteiger partial charge in [-0.1, -0.05) is 25.5 Å². The van der Waals surface area contributed by atoms with E-state index in [1.54, 1.807) is 16.5 Å². The van der Waals surface area contributed by atoms with Gasteiger partial charge in [0.05, 0.1) is 11.4 Å². The van der Waals surface area contributed by atoms with E-state index in [9.17, 15) is 9.59 Å². The minimum atomic E-state index is -0.117. The van der Waals surface area contributed by atoms with Gasteiger partial charge in [-0.3, -0.25) is 14.0 Å². The Labute approximate surface area is 155 Å². The number of benzene rings is 1. The number of nitrogens with one attached hydrogen (secondary N) is 1.